The Labute approximate surface area is 200 Å². The molecule has 3 aromatic heterocycles. The van der Waals surface area contributed by atoms with Crippen molar-refractivity contribution in [3.8, 4) is 17.1 Å². The normalized spacial score (nSPS) is 15.4. The quantitative estimate of drug-likeness (QED) is 0.444. The third-order valence-electron chi connectivity index (χ3n) is 7.11. The zero-order valence-corrected chi connectivity index (χ0v) is 20.4. The number of aromatic nitrogens is 3. The van der Waals surface area contributed by atoms with E-state index in [1.807, 2.05) is 10.6 Å². The number of carbonyl (C=O) groups excluding carboxylic acids is 1. The lowest BCUT2D eigenvalue weighted by atomic mass is 9.87. The van der Waals surface area contributed by atoms with E-state index in [2.05, 4.69) is 64.4 Å². The number of hydrogen-bond donors (Lipinski definition) is 2. The van der Waals surface area contributed by atoms with E-state index >= 15 is 0 Å². The molecule has 178 valence electrons. The van der Waals surface area contributed by atoms with Gasteiger partial charge in [-0.25, -0.2) is 4.98 Å². The first kappa shape index (κ1) is 22.5. The van der Waals surface area contributed by atoms with Gasteiger partial charge >= 0.3 is 0 Å². The smallest absolute Gasteiger partial charge is 0.233 e. The van der Waals surface area contributed by atoms with Crippen LogP contribution >= 0.6 is 0 Å². The lowest BCUT2D eigenvalue weighted by Crippen LogP contribution is -2.40. The molecule has 0 aliphatic carbocycles. The Morgan fingerprint density at radius 2 is 2.03 bits per heavy atom. The highest BCUT2D eigenvalue weighted by atomic mass is 16.5. The number of H-pyrrole nitrogens is 1. The third kappa shape index (κ3) is 4.05. The molecule has 7 heteroatoms. The highest BCUT2D eigenvalue weighted by molar-refractivity contribution is 5.92. The first-order valence-electron chi connectivity index (χ1n) is 12.1. The Bertz CT molecular complexity index is 1330. The van der Waals surface area contributed by atoms with E-state index < -0.39 is 0 Å². The molecule has 1 saturated heterocycles. The average Bonchev–Trinajstić information content (AvgIpc) is 3.48. The summed E-state index contributed by atoms with van der Waals surface area (Å²) in [4.78, 5) is 22.2. The maximum atomic E-state index is 11.7. The molecule has 1 fully saturated rings. The highest BCUT2D eigenvalue weighted by Crippen LogP contribution is 2.39. The molecule has 0 unspecified atom stereocenters. The molecule has 1 aliphatic rings. The van der Waals surface area contributed by atoms with Crippen molar-refractivity contribution in [3.05, 3.63) is 53.9 Å². The fourth-order valence-electron chi connectivity index (χ4n) is 5.31. The second kappa shape index (κ2) is 9.14. The summed E-state index contributed by atoms with van der Waals surface area (Å²) in [5.41, 5.74) is 6.95. The number of piperidine rings is 1. The summed E-state index contributed by atoms with van der Waals surface area (Å²) in [6.45, 7) is 6.90. The van der Waals surface area contributed by atoms with Gasteiger partial charge in [-0.15, -0.1) is 0 Å². The number of hydrogen-bond acceptors (Lipinski definition) is 4. The topological polar surface area (TPSA) is 74.7 Å². The number of benzene rings is 1. The molecular weight excluding hydrogens is 426 g/mol. The van der Waals surface area contributed by atoms with Crippen LogP contribution in [0.5, 0.6) is 5.88 Å². The molecule has 7 nitrogen and oxygen atoms in total. The van der Waals surface area contributed by atoms with Crippen molar-refractivity contribution in [1.82, 2.24) is 24.6 Å². The first-order valence-corrected chi connectivity index (χ1v) is 12.1. The van der Waals surface area contributed by atoms with E-state index in [-0.39, 0.29) is 5.91 Å². The van der Waals surface area contributed by atoms with Crippen LogP contribution in [0, 0.1) is 0 Å². The van der Waals surface area contributed by atoms with Gasteiger partial charge < -0.3 is 15.0 Å². The molecule has 4 aromatic rings. The number of aromatic amines is 1. The number of nitrogens with one attached hydrogen (secondary N) is 2. The van der Waals surface area contributed by atoms with Gasteiger partial charge in [0.2, 0.25) is 5.91 Å². The van der Waals surface area contributed by atoms with Gasteiger partial charge in [-0.05, 0) is 67.1 Å². The van der Waals surface area contributed by atoms with E-state index in [0.29, 0.717) is 18.4 Å². The average molecular weight is 460 g/mol. The summed E-state index contributed by atoms with van der Waals surface area (Å²) in [5.74, 6) is 1.73. The van der Waals surface area contributed by atoms with Crippen molar-refractivity contribution in [1.29, 1.82) is 0 Å². The van der Waals surface area contributed by atoms with Crippen LogP contribution in [0.15, 0.2) is 42.7 Å². The van der Waals surface area contributed by atoms with Crippen molar-refractivity contribution in [3.63, 3.8) is 0 Å². The van der Waals surface area contributed by atoms with Crippen LogP contribution in [0.2, 0.25) is 0 Å². The monoisotopic (exact) mass is 459 g/mol. The molecule has 1 aromatic carbocycles. The Morgan fingerprint density at radius 1 is 1.24 bits per heavy atom. The number of amides is 1. The summed E-state index contributed by atoms with van der Waals surface area (Å²) in [6.07, 6.45) is 5.86. The lowest BCUT2D eigenvalue weighted by Gasteiger charge is -2.31. The molecule has 34 heavy (non-hydrogen) atoms. The number of ether oxygens (including phenoxy) is 1. The summed E-state index contributed by atoms with van der Waals surface area (Å²) in [7, 11) is 3.39. The van der Waals surface area contributed by atoms with Gasteiger partial charge in [0.15, 0.2) is 5.88 Å². The largest absolute Gasteiger partial charge is 0.482 e. The summed E-state index contributed by atoms with van der Waals surface area (Å²) >= 11 is 0. The van der Waals surface area contributed by atoms with Gasteiger partial charge in [0.1, 0.15) is 5.65 Å². The predicted molar refractivity (Wildman–Crippen MR) is 136 cm³/mol. The van der Waals surface area contributed by atoms with Crippen LogP contribution in [-0.2, 0) is 4.79 Å². The van der Waals surface area contributed by atoms with Gasteiger partial charge in [-0.1, -0.05) is 19.9 Å². The number of nitrogens with zero attached hydrogens (tertiary/aromatic N) is 3. The van der Waals surface area contributed by atoms with E-state index in [4.69, 9.17) is 4.74 Å². The lowest BCUT2D eigenvalue weighted by molar-refractivity contribution is -0.122. The fourth-order valence-corrected chi connectivity index (χ4v) is 5.31. The van der Waals surface area contributed by atoms with Crippen LogP contribution in [0.1, 0.15) is 49.7 Å². The molecule has 4 heterocycles. The van der Waals surface area contributed by atoms with Gasteiger partial charge in [0.05, 0.1) is 19.3 Å². The number of methoxy groups -OCH3 is 1. The molecule has 2 N–H and O–H groups in total. The maximum absolute atomic E-state index is 11.7. The minimum atomic E-state index is 0.0893. The predicted octanol–water partition coefficient (Wildman–Crippen LogP) is 4.54. The van der Waals surface area contributed by atoms with Crippen LogP contribution in [0.3, 0.4) is 0 Å². The fraction of sp³-hybridized carbons (Fsp3) is 0.407. The number of carbonyl (C=O) groups is 1. The molecule has 0 spiro atoms. The second-order valence-electron chi connectivity index (χ2n) is 9.54. The highest BCUT2D eigenvalue weighted by Gasteiger charge is 2.24. The summed E-state index contributed by atoms with van der Waals surface area (Å²) in [6, 6.07) is 11.1. The van der Waals surface area contributed by atoms with Crippen molar-refractivity contribution in [2.45, 2.75) is 38.5 Å². The zero-order chi connectivity index (χ0) is 23.8. The Hall–Kier alpha value is -3.32. The number of imidazole rings is 1. The molecule has 1 aliphatic heterocycles. The van der Waals surface area contributed by atoms with Crippen LogP contribution in [0.25, 0.3) is 27.8 Å². The van der Waals surface area contributed by atoms with Crippen molar-refractivity contribution in [2.24, 2.45) is 0 Å². The zero-order valence-electron chi connectivity index (χ0n) is 20.4. The van der Waals surface area contributed by atoms with Crippen molar-refractivity contribution < 1.29 is 9.53 Å². The van der Waals surface area contributed by atoms with E-state index in [0.717, 1.165) is 54.2 Å². The number of likely N-dealkylation sites (N-methyl/N-ethyl adjacent to an activating group) is 1. The van der Waals surface area contributed by atoms with E-state index in [1.165, 1.54) is 16.5 Å². The van der Waals surface area contributed by atoms with Crippen LogP contribution < -0.4 is 10.1 Å². The standard InChI is InChI=1S/C27H33N5O2/c1-17(2)26-21-13-19(18-7-10-31(11-8-18)16-24(33)28-3)5-6-22(21)30-27(26)20-14-23-29-9-12-32(23)25(15-20)34-4/h5-6,9,12-15,17-18,30H,7-8,10-11,16H2,1-4H3,(H,28,33). The van der Waals surface area contributed by atoms with E-state index in [1.54, 1.807) is 20.4 Å². The van der Waals surface area contributed by atoms with Crippen LogP contribution in [-0.4, -0.2) is 59.0 Å². The molecule has 5 rings (SSSR count). The number of likely N-dealkylation sites (tertiary alicyclic amines) is 1. The van der Waals surface area contributed by atoms with Gasteiger partial charge in [0, 0.05) is 42.0 Å². The van der Waals surface area contributed by atoms with Crippen LogP contribution in [0.4, 0.5) is 0 Å². The van der Waals surface area contributed by atoms with E-state index in [9.17, 15) is 4.79 Å². The van der Waals surface area contributed by atoms with Gasteiger partial charge in [-0.3, -0.25) is 14.1 Å². The van der Waals surface area contributed by atoms with Gasteiger partial charge in [-0.2, -0.15) is 0 Å². The van der Waals surface area contributed by atoms with Gasteiger partial charge in [0.25, 0.3) is 0 Å². The molecule has 0 saturated carbocycles. The van der Waals surface area contributed by atoms with Crippen molar-refractivity contribution >= 4 is 22.5 Å². The molecule has 0 atom stereocenters. The molecule has 0 radical (unpaired) electrons. The minimum Gasteiger partial charge on any atom is -0.482 e. The number of rotatable bonds is 6. The Morgan fingerprint density at radius 3 is 2.74 bits per heavy atom. The minimum absolute atomic E-state index is 0.0893. The molecule has 1 amide bonds. The van der Waals surface area contributed by atoms with Crippen molar-refractivity contribution in [2.75, 3.05) is 33.8 Å². The molecule has 0 bridgehead atoms. The molecular formula is C27H33N5O2. The Kier molecular flexibility index (Phi) is 6.04. The summed E-state index contributed by atoms with van der Waals surface area (Å²) in [5, 5.41) is 4.02. The SMILES string of the molecule is CNC(=O)CN1CCC(c2ccc3[nH]c(-c4cc(OC)n5ccnc5c4)c(C(C)C)c3c2)CC1. The first-order chi connectivity index (χ1) is 16.5. The number of pyridine rings is 1. The summed E-state index contributed by atoms with van der Waals surface area (Å²) < 4.78 is 7.59. The Balaban J connectivity index is 1.49. The third-order valence-corrected chi connectivity index (χ3v) is 7.11. The second-order valence-corrected chi connectivity index (χ2v) is 9.54. The number of fused-ring (bicyclic) bond motifs is 2. The maximum Gasteiger partial charge on any atom is 0.233 e.